The first kappa shape index (κ1) is 17.1. The lowest BCUT2D eigenvalue weighted by Crippen LogP contribution is -2.14. The second-order valence-corrected chi connectivity index (χ2v) is 6.76. The van der Waals surface area contributed by atoms with Gasteiger partial charge < -0.3 is 5.32 Å². The van der Waals surface area contributed by atoms with Gasteiger partial charge in [0.05, 0.1) is 10.5 Å². The van der Waals surface area contributed by atoms with Crippen molar-refractivity contribution in [1.29, 1.82) is 0 Å². The minimum absolute atomic E-state index is 0.00492. The molecule has 0 radical (unpaired) electrons. The number of primary sulfonamides is 1. The highest BCUT2D eigenvalue weighted by Crippen LogP contribution is 2.25. The van der Waals surface area contributed by atoms with Crippen molar-refractivity contribution < 1.29 is 17.6 Å². The Balaban J connectivity index is 2.36. The minimum Gasteiger partial charge on any atom is -0.378 e. The summed E-state index contributed by atoms with van der Waals surface area (Å²) in [6, 6.07) is 10.1. The number of halogens is 1. The molecule has 0 aromatic heterocycles. The largest absolute Gasteiger partial charge is 0.378 e. The topological polar surface area (TPSA) is 89.3 Å². The number of rotatable bonds is 5. The van der Waals surface area contributed by atoms with E-state index in [1.807, 2.05) is 0 Å². The van der Waals surface area contributed by atoms with E-state index < -0.39 is 21.6 Å². The number of ketones is 1. The van der Waals surface area contributed by atoms with Crippen molar-refractivity contribution in [2.75, 3.05) is 5.32 Å². The van der Waals surface area contributed by atoms with Crippen LogP contribution in [0.15, 0.2) is 47.4 Å². The van der Waals surface area contributed by atoms with Crippen molar-refractivity contribution in [3.63, 3.8) is 0 Å². The Bertz CT molecular complexity index is 850. The van der Waals surface area contributed by atoms with Crippen LogP contribution in [0.3, 0.4) is 0 Å². The lowest BCUT2D eigenvalue weighted by molar-refractivity contribution is 0.101. The van der Waals surface area contributed by atoms with E-state index in [1.54, 1.807) is 25.1 Å². The highest BCUT2D eigenvalue weighted by atomic mass is 32.2. The van der Waals surface area contributed by atoms with E-state index in [2.05, 4.69) is 5.32 Å². The average molecular weight is 336 g/mol. The molecule has 5 nitrogen and oxygen atoms in total. The van der Waals surface area contributed by atoms with E-state index in [9.17, 15) is 17.6 Å². The normalized spacial score (nSPS) is 12.7. The van der Waals surface area contributed by atoms with Crippen LogP contribution in [-0.4, -0.2) is 14.2 Å². The van der Waals surface area contributed by atoms with Crippen LogP contribution in [0.25, 0.3) is 0 Å². The highest BCUT2D eigenvalue weighted by Gasteiger charge is 2.16. The molecule has 0 amide bonds. The number of benzene rings is 2. The number of nitrogens with one attached hydrogen (secondary N) is 1. The summed E-state index contributed by atoms with van der Waals surface area (Å²) in [7, 11) is -3.80. The molecule has 23 heavy (non-hydrogen) atoms. The smallest absolute Gasteiger partial charge is 0.238 e. The summed E-state index contributed by atoms with van der Waals surface area (Å²) in [4.78, 5) is 11.6. The molecule has 2 aromatic rings. The number of sulfonamides is 1. The van der Waals surface area contributed by atoms with Crippen molar-refractivity contribution in [1.82, 2.24) is 0 Å². The Morgan fingerprint density at radius 3 is 2.48 bits per heavy atom. The maximum atomic E-state index is 13.8. The molecule has 3 N–H and O–H groups in total. The molecule has 1 atom stereocenters. The van der Waals surface area contributed by atoms with Gasteiger partial charge in [0.15, 0.2) is 5.78 Å². The molecular formula is C16H17FN2O3S. The molecule has 2 aromatic carbocycles. The molecule has 0 aliphatic carbocycles. The Morgan fingerprint density at radius 1 is 1.22 bits per heavy atom. The van der Waals surface area contributed by atoms with Crippen molar-refractivity contribution in [2.24, 2.45) is 5.14 Å². The summed E-state index contributed by atoms with van der Waals surface area (Å²) in [6.45, 7) is 3.06. The lowest BCUT2D eigenvalue weighted by atomic mass is 10.1. The fourth-order valence-electron chi connectivity index (χ4n) is 2.28. The van der Waals surface area contributed by atoms with Crippen LogP contribution >= 0.6 is 0 Å². The third-order valence-electron chi connectivity index (χ3n) is 3.42. The summed E-state index contributed by atoms with van der Waals surface area (Å²) in [5.74, 6) is -0.996. The third-order valence-corrected chi connectivity index (χ3v) is 4.34. The van der Waals surface area contributed by atoms with Crippen LogP contribution < -0.4 is 10.5 Å². The maximum Gasteiger partial charge on any atom is 0.238 e. The zero-order valence-electron chi connectivity index (χ0n) is 12.7. The SMILES string of the molecule is CC(=O)c1c(F)cccc1N[C@H](C)c1cccc(S(N)(=O)=O)c1. The minimum atomic E-state index is -3.80. The van der Waals surface area contributed by atoms with Crippen molar-refractivity contribution in [3.8, 4) is 0 Å². The van der Waals surface area contributed by atoms with Gasteiger partial charge in [-0.15, -0.1) is 0 Å². The maximum absolute atomic E-state index is 13.8. The number of nitrogens with two attached hydrogens (primary N) is 1. The third kappa shape index (κ3) is 3.94. The molecule has 0 aliphatic rings. The molecule has 2 rings (SSSR count). The molecule has 0 aliphatic heterocycles. The predicted octanol–water partition coefficient (Wildman–Crippen LogP) is 2.85. The van der Waals surface area contributed by atoms with Gasteiger partial charge in [0.2, 0.25) is 10.0 Å². The van der Waals surface area contributed by atoms with Crippen LogP contribution in [0, 0.1) is 5.82 Å². The number of Topliss-reactive ketones (excluding diaryl/α,β-unsaturated/α-hetero) is 1. The Labute approximate surface area is 134 Å². The zero-order chi connectivity index (χ0) is 17.2. The summed E-state index contributed by atoms with van der Waals surface area (Å²) in [6.07, 6.45) is 0. The highest BCUT2D eigenvalue weighted by molar-refractivity contribution is 7.89. The fourth-order valence-corrected chi connectivity index (χ4v) is 2.85. The van der Waals surface area contributed by atoms with Gasteiger partial charge in [0.1, 0.15) is 5.82 Å². The molecule has 0 saturated heterocycles. The summed E-state index contributed by atoms with van der Waals surface area (Å²) in [5, 5.41) is 8.15. The lowest BCUT2D eigenvalue weighted by Gasteiger charge is -2.18. The average Bonchev–Trinajstić information content (AvgIpc) is 2.46. The molecule has 7 heteroatoms. The summed E-state index contributed by atoms with van der Waals surface area (Å²) >= 11 is 0. The molecule has 122 valence electrons. The summed E-state index contributed by atoms with van der Waals surface area (Å²) < 4.78 is 36.7. The fraction of sp³-hybridized carbons (Fsp3) is 0.188. The predicted molar refractivity (Wildman–Crippen MR) is 86.3 cm³/mol. The Kier molecular flexibility index (Phi) is 4.82. The first-order chi connectivity index (χ1) is 10.7. The van der Waals surface area contributed by atoms with Gasteiger partial charge in [-0.25, -0.2) is 17.9 Å². The van der Waals surface area contributed by atoms with E-state index in [1.165, 1.54) is 31.2 Å². The van der Waals surface area contributed by atoms with Gasteiger partial charge in [0, 0.05) is 11.7 Å². The number of carbonyl (C=O) groups excluding carboxylic acids is 1. The second-order valence-electron chi connectivity index (χ2n) is 5.20. The molecule has 0 spiro atoms. The molecule has 0 saturated carbocycles. The van der Waals surface area contributed by atoms with Crippen LogP contribution in [0.5, 0.6) is 0 Å². The van der Waals surface area contributed by atoms with E-state index in [0.29, 0.717) is 11.3 Å². The van der Waals surface area contributed by atoms with Crippen molar-refractivity contribution in [2.45, 2.75) is 24.8 Å². The summed E-state index contributed by atoms with van der Waals surface area (Å²) in [5.41, 5.74) is 0.975. The monoisotopic (exact) mass is 336 g/mol. The molecular weight excluding hydrogens is 319 g/mol. The number of hydrogen-bond acceptors (Lipinski definition) is 4. The quantitative estimate of drug-likeness (QED) is 0.822. The Morgan fingerprint density at radius 2 is 1.87 bits per heavy atom. The first-order valence-electron chi connectivity index (χ1n) is 6.89. The van der Waals surface area contributed by atoms with Gasteiger partial charge >= 0.3 is 0 Å². The second kappa shape index (κ2) is 6.47. The van der Waals surface area contributed by atoms with Crippen LogP contribution in [0.1, 0.15) is 35.8 Å². The first-order valence-corrected chi connectivity index (χ1v) is 8.43. The number of carbonyl (C=O) groups is 1. The van der Waals surface area contributed by atoms with E-state index in [0.717, 1.165) is 0 Å². The van der Waals surface area contributed by atoms with E-state index >= 15 is 0 Å². The van der Waals surface area contributed by atoms with Gasteiger partial charge in [-0.05, 0) is 43.7 Å². The van der Waals surface area contributed by atoms with Crippen LogP contribution in [-0.2, 0) is 10.0 Å². The van der Waals surface area contributed by atoms with Gasteiger partial charge in [0.25, 0.3) is 0 Å². The van der Waals surface area contributed by atoms with Gasteiger partial charge in [-0.1, -0.05) is 18.2 Å². The zero-order valence-corrected chi connectivity index (χ0v) is 13.5. The van der Waals surface area contributed by atoms with Crippen molar-refractivity contribution >= 4 is 21.5 Å². The standard InChI is InChI=1S/C16H17FN2O3S/c1-10(12-5-3-6-13(9-12)23(18,21)22)19-15-8-4-7-14(17)16(15)11(2)20/h3-10,19H,1-2H3,(H2,18,21,22)/t10-/m1/s1. The molecule has 0 unspecified atom stereocenters. The van der Waals surface area contributed by atoms with E-state index in [4.69, 9.17) is 5.14 Å². The van der Waals surface area contributed by atoms with Crippen LogP contribution in [0.2, 0.25) is 0 Å². The van der Waals surface area contributed by atoms with E-state index in [-0.39, 0.29) is 16.5 Å². The molecule has 0 bridgehead atoms. The molecule has 0 heterocycles. The number of hydrogen-bond donors (Lipinski definition) is 2. The Hall–Kier alpha value is -2.25. The molecule has 0 fully saturated rings. The number of anilines is 1. The van der Waals surface area contributed by atoms with Crippen molar-refractivity contribution in [3.05, 3.63) is 59.4 Å². The van der Waals surface area contributed by atoms with Gasteiger partial charge in [-0.3, -0.25) is 4.79 Å². The van der Waals surface area contributed by atoms with Crippen LogP contribution in [0.4, 0.5) is 10.1 Å². The van der Waals surface area contributed by atoms with Gasteiger partial charge in [-0.2, -0.15) is 0 Å².